The molecule has 0 saturated carbocycles. The van der Waals surface area contributed by atoms with E-state index in [1.54, 1.807) is 12.1 Å². The summed E-state index contributed by atoms with van der Waals surface area (Å²) in [7, 11) is 0. The van der Waals surface area contributed by atoms with Crippen molar-refractivity contribution in [2.24, 2.45) is 10.9 Å². The maximum Gasteiger partial charge on any atom is 0.339 e. The molecular formula is C26H24F2N2O2. The fourth-order valence-electron chi connectivity index (χ4n) is 3.68. The van der Waals surface area contributed by atoms with Gasteiger partial charge in [0.05, 0.1) is 29.5 Å². The summed E-state index contributed by atoms with van der Waals surface area (Å²) in [5, 5.41) is 0. The van der Waals surface area contributed by atoms with Crippen LogP contribution in [0.5, 0.6) is 0 Å². The van der Waals surface area contributed by atoms with Crippen molar-refractivity contribution in [2.45, 2.75) is 32.7 Å². The molecule has 1 aliphatic rings. The highest BCUT2D eigenvalue weighted by molar-refractivity contribution is 6.02. The van der Waals surface area contributed by atoms with Gasteiger partial charge in [0.2, 0.25) is 0 Å². The summed E-state index contributed by atoms with van der Waals surface area (Å²) in [6.45, 7) is 4.33. The number of carbonyl (C=O) groups excluding carboxylic acids is 1. The summed E-state index contributed by atoms with van der Waals surface area (Å²) in [6, 6.07) is 15.0. The second kappa shape index (κ2) is 9.39. The zero-order chi connectivity index (χ0) is 22.7. The van der Waals surface area contributed by atoms with Crippen LogP contribution in [0.25, 0.3) is 11.3 Å². The number of esters is 1. The van der Waals surface area contributed by atoms with E-state index >= 15 is 0 Å². The van der Waals surface area contributed by atoms with E-state index in [2.05, 4.69) is 9.98 Å². The monoisotopic (exact) mass is 434 g/mol. The third-order valence-electron chi connectivity index (χ3n) is 5.36. The number of ether oxygens (including phenoxy) is 1. The van der Waals surface area contributed by atoms with E-state index in [1.165, 1.54) is 24.4 Å². The van der Waals surface area contributed by atoms with Crippen molar-refractivity contribution in [3.8, 4) is 11.3 Å². The average molecular weight is 434 g/mol. The number of rotatable bonds is 6. The molecule has 1 unspecified atom stereocenters. The zero-order valence-electron chi connectivity index (χ0n) is 18.0. The minimum Gasteiger partial charge on any atom is -0.462 e. The van der Waals surface area contributed by atoms with Crippen molar-refractivity contribution < 1.29 is 18.3 Å². The van der Waals surface area contributed by atoms with Crippen LogP contribution in [-0.2, 0) is 4.74 Å². The zero-order valence-corrected chi connectivity index (χ0v) is 18.0. The van der Waals surface area contributed by atoms with Gasteiger partial charge in [-0.2, -0.15) is 0 Å². The highest BCUT2D eigenvalue weighted by Crippen LogP contribution is 2.33. The standard InChI is InChI=1S/C26H24F2N2O2/c1-16(2)15-32-26(31)19-10-11-22(29-14-19)17-6-8-18(9-7-17)23-12-13-24(30-23)25-20(27)4-3-5-21(25)28/h3-11,14,16,23H,12-13,15H2,1-2H3. The quantitative estimate of drug-likeness (QED) is 0.436. The molecule has 0 amide bonds. The lowest BCUT2D eigenvalue weighted by molar-refractivity contribution is 0.0458. The average Bonchev–Trinajstić information content (AvgIpc) is 3.27. The Morgan fingerprint density at radius 2 is 1.78 bits per heavy atom. The molecule has 1 atom stereocenters. The number of carbonyl (C=O) groups is 1. The number of hydrogen-bond acceptors (Lipinski definition) is 4. The predicted molar refractivity (Wildman–Crippen MR) is 120 cm³/mol. The maximum absolute atomic E-state index is 14.1. The van der Waals surface area contributed by atoms with Gasteiger partial charge >= 0.3 is 5.97 Å². The van der Waals surface area contributed by atoms with Crippen LogP contribution >= 0.6 is 0 Å². The van der Waals surface area contributed by atoms with Crippen LogP contribution in [0.2, 0.25) is 0 Å². The molecule has 0 bridgehead atoms. The number of pyridine rings is 1. The van der Waals surface area contributed by atoms with Crippen LogP contribution in [0.15, 0.2) is 65.8 Å². The smallest absolute Gasteiger partial charge is 0.339 e. The summed E-state index contributed by atoms with van der Waals surface area (Å²) in [5.74, 6) is -1.27. The summed E-state index contributed by atoms with van der Waals surface area (Å²) in [6.07, 6.45) is 2.75. The SMILES string of the molecule is CC(C)COC(=O)c1ccc(-c2ccc(C3CCC(c4c(F)cccc4F)=N3)cc2)nc1. The topological polar surface area (TPSA) is 51.5 Å². The second-order valence-corrected chi connectivity index (χ2v) is 8.27. The first-order valence-corrected chi connectivity index (χ1v) is 10.7. The van der Waals surface area contributed by atoms with Crippen LogP contribution in [0.1, 0.15) is 54.2 Å². The highest BCUT2D eigenvalue weighted by Gasteiger charge is 2.24. The third kappa shape index (κ3) is 4.74. The van der Waals surface area contributed by atoms with Crippen LogP contribution in [-0.4, -0.2) is 23.3 Å². The number of halogens is 2. The fraction of sp³-hybridized carbons (Fsp3) is 0.269. The fourth-order valence-corrected chi connectivity index (χ4v) is 3.68. The number of benzene rings is 2. The van der Waals surface area contributed by atoms with Gasteiger partial charge < -0.3 is 4.74 Å². The Morgan fingerprint density at radius 3 is 2.41 bits per heavy atom. The Hall–Kier alpha value is -3.41. The van der Waals surface area contributed by atoms with Gasteiger partial charge in [-0.05, 0) is 48.6 Å². The Kier molecular flexibility index (Phi) is 6.40. The van der Waals surface area contributed by atoms with Crippen molar-refractivity contribution in [3.63, 3.8) is 0 Å². The first-order chi connectivity index (χ1) is 15.4. The molecule has 4 nitrogen and oxygen atoms in total. The maximum atomic E-state index is 14.1. The summed E-state index contributed by atoms with van der Waals surface area (Å²) >= 11 is 0. The van der Waals surface area contributed by atoms with E-state index in [0.717, 1.165) is 16.8 Å². The number of aromatic nitrogens is 1. The molecule has 6 heteroatoms. The van der Waals surface area contributed by atoms with E-state index in [4.69, 9.17) is 4.74 Å². The molecule has 0 radical (unpaired) electrons. The molecule has 1 aromatic heterocycles. The largest absolute Gasteiger partial charge is 0.462 e. The lowest BCUT2D eigenvalue weighted by atomic mass is 10.0. The molecule has 0 fully saturated rings. The molecule has 0 aliphatic carbocycles. The van der Waals surface area contributed by atoms with Gasteiger partial charge in [0, 0.05) is 17.5 Å². The first kappa shape index (κ1) is 21.8. The molecule has 32 heavy (non-hydrogen) atoms. The van der Waals surface area contributed by atoms with E-state index in [-0.39, 0.29) is 23.5 Å². The Labute approximate surface area is 186 Å². The van der Waals surface area contributed by atoms with Crippen molar-refractivity contribution in [1.82, 2.24) is 4.98 Å². The number of hydrogen-bond donors (Lipinski definition) is 0. The van der Waals surface area contributed by atoms with Crippen LogP contribution in [0.4, 0.5) is 8.78 Å². The normalized spacial score (nSPS) is 15.7. The van der Waals surface area contributed by atoms with Crippen LogP contribution in [0.3, 0.4) is 0 Å². The number of aliphatic imine (C=N–C) groups is 1. The van der Waals surface area contributed by atoms with E-state index in [9.17, 15) is 13.6 Å². The van der Waals surface area contributed by atoms with E-state index in [0.29, 0.717) is 30.7 Å². The van der Waals surface area contributed by atoms with Gasteiger partial charge in [-0.15, -0.1) is 0 Å². The van der Waals surface area contributed by atoms with Crippen molar-refractivity contribution in [1.29, 1.82) is 0 Å². The molecule has 2 aromatic carbocycles. The van der Waals surface area contributed by atoms with Crippen LogP contribution in [0, 0.1) is 17.6 Å². The summed E-state index contributed by atoms with van der Waals surface area (Å²) in [4.78, 5) is 21.0. The summed E-state index contributed by atoms with van der Waals surface area (Å²) < 4.78 is 33.4. The molecule has 2 heterocycles. The Bertz CT molecular complexity index is 1120. The minimum atomic E-state index is -0.581. The van der Waals surface area contributed by atoms with Crippen molar-refractivity contribution >= 4 is 11.7 Å². The Balaban J connectivity index is 1.47. The lowest BCUT2D eigenvalue weighted by Crippen LogP contribution is -2.10. The Morgan fingerprint density at radius 1 is 1.06 bits per heavy atom. The number of nitrogens with zero attached hydrogens (tertiary/aromatic N) is 2. The predicted octanol–water partition coefficient (Wildman–Crippen LogP) is 6.16. The third-order valence-corrected chi connectivity index (χ3v) is 5.36. The molecule has 0 spiro atoms. The van der Waals surface area contributed by atoms with Gasteiger partial charge in [-0.3, -0.25) is 9.98 Å². The second-order valence-electron chi connectivity index (χ2n) is 8.27. The van der Waals surface area contributed by atoms with Gasteiger partial charge in [-0.25, -0.2) is 13.6 Å². The van der Waals surface area contributed by atoms with E-state index in [1.807, 2.05) is 38.1 Å². The molecule has 1 aliphatic heterocycles. The van der Waals surface area contributed by atoms with Gasteiger partial charge in [-0.1, -0.05) is 44.2 Å². The molecule has 4 rings (SSSR count). The van der Waals surface area contributed by atoms with Gasteiger partial charge in [0.1, 0.15) is 11.6 Å². The van der Waals surface area contributed by atoms with Crippen molar-refractivity contribution in [3.05, 3.63) is 89.1 Å². The molecule has 0 N–H and O–H groups in total. The molecule has 3 aromatic rings. The molecule has 0 saturated heterocycles. The van der Waals surface area contributed by atoms with Crippen molar-refractivity contribution in [2.75, 3.05) is 6.61 Å². The van der Waals surface area contributed by atoms with Gasteiger partial charge in [0.25, 0.3) is 0 Å². The lowest BCUT2D eigenvalue weighted by Gasteiger charge is -2.09. The first-order valence-electron chi connectivity index (χ1n) is 10.7. The highest BCUT2D eigenvalue weighted by atomic mass is 19.1. The van der Waals surface area contributed by atoms with E-state index < -0.39 is 11.6 Å². The van der Waals surface area contributed by atoms with Gasteiger partial charge in [0.15, 0.2) is 0 Å². The molecular weight excluding hydrogens is 410 g/mol. The summed E-state index contributed by atoms with van der Waals surface area (Å²) in [5.41, 5.74) is 3.48. The minimum absolute atomic E-state index is 0.0252. The van der Waals surface area contributed by atoms with Crippen LogP contribution < -0.4 is 0 Å². The molecule has 164 valence electrons.